The number of amides is 1. The van der Waals surface area contributed by atoms with Crippen LogP contribution in [0.4, 0.5) is 17.1 Å². The zero-order valence-electron chi connectivity index (χ0n) is 11.3. The Morgan fingerprint density at radius 3 is 2.85 bits per heavy atom. The number of rotatable bonds is 3. The van der Waals surface area contributed by atoms with Crippen LogP contribution in [0.15, 0.2) is 18.2 Å². The fraction of sp³-hybridized carbons (Fsp3) is 0.462. The van der Waals surface area contributed by atoms with E-state index in [4.69, 9.17) is 5.73 Å². The molecule has 1 amide bonds. The van der Waals surface area contributed by atoms with Crippen molar-refractivity contribution in [1.82, 2.24) is 5.32 Å². The number of hydrogen-bond acceptors (Lipinski definition) is 5. The first-order valence-corrected chi connectivity index (χ1v) is 6.56. The Kier molecular flexibility index (Phi) is 4.07. The molecule has 2 rings (SSSR count). The lowest BCUT2D eigenvalue weighted by atomic mass is 10.00. The number of nitro groups is 1. The van der Waals surface area contributed by atoms with E-state index in [9.17, 15) is 14.9 Å². The summed E-state index contributed by atoms with van der Waals surface area (Å²) < 4.78 is 0. The number of piperidine rings is 1. The molecule has 1 aromatic carbocycles. The predicted molar refractivity (Wildman–Crippen MR) is 76.6 cm³/mol. The van der Waals surface area contributed by atoms with Crippen LogP contribution in [0, 0.1) is 10.1 Å². The lowest BCUT2D eigenvalue weighted by Gasteiger charge is -2.36. The summed E-state index contributed by atoms with van der Waals surface area (Å²) in [5.74, 6) is -0.0743. The van der Waals surface area contributed by atoms with Crippen LogP contribution >= 0.6 is 0 Å². The highest BCUT2D eigenvalue weighted by Gasteiger charge is 2.29. The van der Waals surface area contributed by atoms with E-state index in [1.54, 1.807) is 13.1 Å². The molecule has 7 heteroatoms. The van der Waals surface area contributed by atoms with E-state index in [1.165, 1.54) is 12.1 Å². The summed E-state index contributed by atoms with van der Waals surface area (Å²) in [7, 11) is 1.59. The van der Waals surface area contributed by atoms with Gasteiger partial charge in [0, 0.05) is 37.1 Å². The Morgan fingerprint density at radius 1 is 1.45 bits per heavy atom. The minimum atomic E-state index is -0.474. The molecule has 108 valence electrons. The molecule has 0 radical (unpaired) electrons. The number of anilines is 2. The van der Waals surface area contributed by atoms with Gasteiger partial charge in [-0.05, 0) is 25.3 Å². The van der Waals surface area contributed by atoms with E-state index >= 15 is 0 Å². The zero-order valence-corrected chi connectivity index (χ0v) is 11.3. The molecule has 0 saturated carbocycles. The fourth-order valence-corrected chi connectivity index (χ4v) is 2.57. The minimum absolute atomic E-state index is 0.0544. The van der Waals surface area contributed by atoms with Crippen LogP contribution in [0.5, 0.6) is 0 Å². The Balaban J connectivity index is 2.37. The van der Waals surface area contributed by atoms with E-state index in [1.807, 2.05) is 4.90 Å². The number of hydrogen-bond donors (Lipinski definition) is 2. The first-order valence-electron chi connectivity index (χ1n) is 6.56. The van der Waals surface area contributed by atoms with Crippen LogP contribution in [-0.2, 0) is 4.79 Å². The summed E-state index contributed by atoms with van der Waals surface area (Å²) in [6.45, 7) is 0.693. The standard InChI is InChI=1S/C13H18N4O3/c1-15-13(18)12-4-2-3-5-16(12)10-6-9(14)7-11(8-10)17(19)20/h6-8,12H,2-5,14H2,1H3,(H,15,18). The number of benzene rings is 1. The molecule has 0 aliphatic carbocycles. The van der Waals surface area contributed by atoms with Crippen molar-refractivity contribution in [3.8, 4) is 0 Å². The Bertz CT molecular complexity index is 532. The maximum absolute atomic E-state index is 11.9. The fourth-order valence-electron chi connectivity index (χ4n) is 2.57. The average molecular weight is 278 g/mol. The van der Waals surface area contributed by atoms with Gasteiger partial charge in [-0.15, -0.1) is 0 Å². The van der Waals surface area contributed by atoms with Crippen molar-refractivity contribution in [1.29, 1.82) is 0 Å². The number of carbonyl (C=O) groups excluding carboxylic acids is 1. The van der Waals surface area contributed by atoms with Gasteiger partial charge in [0.25, 0.3) is 5.69 Å². The normalized spacial score (nSPS) is 18.6. The first-order chi connectivity index (χ1) is 9.52. The minimum Gasteiger partial charge on any atom is -0.398 e. The van der Waals surface area contributed by atoms with E-state index < -0.39 is 4.92 Å². The van der Waals surface area contributed by atoms with Gasteiger partial charge in [-0.2, -0.15) is 0 Å². The Morgan fingerprint density at radius 2 is 2.20 bits per heavy atom. The molecule has 1 saturated heterocycles. The molecule has 1 aromatic rings. The summed E-state index contributed by atoms with van der Waals surface area (Å²) in [5.41, 5.74) is 6.63. The van der Waals surface area contributed by atoms with Crippen molar-refractivity contribution in [2.75, 3.05) is 24.2 Å². The molecule has 1 aliphatic rings. The third-order valence-corrected chi connectivity index (χ3v) is 3.52. The second kappa shape index (κ2) is 5.77. The van der Waals surface area contributed by atoms with Crippen molar-refractivity contribution in [3.05, 3.63) is 28.3 Å². The molecule has 1 fully saturated rings. The highest BCUT2D eigenvalue weighted by Crippen LogP contribution is 2.30. The summed E-state index contributed by atoms with van der Waals surface area (Å²) in [6, 6.07) is 4.17. The predicted octanol–water partition coefficient (Wildman–Crippen LogP) is 1.28. The van der Waals surface area contributed by atoms with Gasteiger partial charge in [-0.3, -0.25) is 14.9 Å². The smallest absolute Gasteiger partial charge is 0.273 e. The molecule has 0 bridgehead atoms. The lowest BCUT2D eigenvalue weighted by molar-refractivity contribution is -0.384. The number of nitrogens with one attached hydrogen (secondary N) is 1. The number of nitrogens with two attached hydrogens (primary N) is 1. The first kappa shape index (κ1) is 14.1. The average Bonchev–Trinajstić information content (AvgIpc) is 2.45. The summed E-state index contributed by atoms with van der Waals surface area (Å²) in [5, 5.41) is 13.6. The molecule has 0 spiro atoms. The molecule has 1 unspecified atom stereocenters. The van der Waals surface area contributed by atoms with Gasteiger partial charge >= 0.3 is 0 Å². The SMILES string of the molecule is CNC(=O)C1CCCCN1c1cc(N)cc([N+](=O)[O-])c1. The second-order valence-electron chi connectivity index (χ2n) is 4.86. The quantitative estimate of drug-likeness (QED) is 0.492. The van der Waals surface area contributed by atoms with Gasteiger partial charge < -0.3 is 16.0 Å². The maximum atomic E-state index is 11.9. The van der Waals surface area contributed by atoms with Gasteiger partial charge in [0.1, 0.15) is 6.04 Å². The summed E-state index contributed by atoms with van der Waals surface area (Å²) >= 11 is 0. The molecule has 0 aromatic heterocycles. The topological polar surface area (TPSA) is 102 Å². The highest BCUT2D eigenvalue weighted by atomic mass is 16.6. The lowest BCUT2D eigenvalue weighted by Crippen LogP contribution is -2.48. The van der Waals surface area contributed by atoms with E-state index in [2.05, 4.69) is 5.32 Å². The molecule has 1 atom stereocenters. The second-order valence-corrected chi connectivity index (χ2v) is 4.86. The van der Waals surface area contributed by atoms with Gasteiger partial charge in [0.15, 0.2) is 0 Å². The summed E-state index contributed by atoms with van der Waals surface area (Å²) in [6.07, 6.45) is 2.66. The van der Waals surface area contributed by atoms with Crippen LogP contribution in [-0.4, -0.2) is 30.5 Å². The number of likely N-dealkylation sites (N-methyl/N-ethyl adjacent to an activating group) is 1. The number of non-ortho nitro benzene ring substituents is 1. The van der Waals surface area contributed by atoms with Crippen LogP contribution in [0.1, 0.15) is 19.3 Å². The maximum Gasteiger partial charge on any atom is 0.273 e. The number of carbonyl (C=O) groups is 1. The summed E-state index contributed by atoms with van der Waals surface area (Å²) in [4.78, 5) is 24.3. The molecule has 7 nitrogen and oxygen atoms in total. The number of nitrogen functional groups attached to an aromatic ring is 1. The van der Waals surface area contributed by atoms with Crippen LogP contribution in [0.2, 0.25) is 0 Å². The van der Waals surface area contributed by atoms with Crippen molar-refractivity contribution >= 4 is 23.0 Å². The molecular weight excluding hydrogens is 260 g/mol. The third kappa shape index (κ3) is 2.81. The van der Waals surface area contributed by atoms with Gasteiger partial charge in [-0.25, -0.2) is 0 Å². The van der Waals surface area contributed by atoms with Crippen molar-refractivity contribution in [2.24, 2.45) is 0 Å². The van der Waals surface area contributed by atoms with Gasteiger partial charge in [0.05, 0.1) is 4.92 Å². The Labute approximate surface area is 116 Å². The molecule has 1 aliphatic heterocycles. The molecule has 1 heterocycles. The number of nitrogens with zero attached hydrogens (tertiary/aromatic N) is 2. The number of nitro benzene ring substituents is 1. The van der Waals surface area contributed by atoms with Crippen molar-refractivity contribution in [3.63, 3.8) is 0 Å². The third-order valence-electron chi connectivity index (χ3n) is 3.52. The van der Waals surface area contributed by atoms with Crippen molar-refractivity contribution in [2.45, 2.75) is 25.3 Å². The molecular formula is C13H18N4O3. The molecule has 3 N–H and O–H groups in total. The van der Waals surface area contributed by atoms with E-state index in [-0.39, 0.29) is 17.6 Å². The van der Waals surface area contributed by atoms with Crippen LogP contribution < -0.4 is 16.0 Å². The van der Waals surface area contributed by atoms with E-state index in [0.29, 0.717) is 17.9 Å². The monoisotopic (exact) mass is 278 g/mol. The Hall–Kier alpha value is -2.31. The molecule has 20 heavy (non-hydrogen) atoms. The zero-order chi connectivity index (χ0) is 14.7. The van der Waals surface area contributed by atoms with E-state index in [0.717, 1.165) is 19.3 Å². The van der Waals surface area contributed by atoms with Crippen LogP contribution in [0.3, 0.4) is 0 Å². The van der Waals surface area contributed by atoms with Crippen LogP contribution in [0.25, 0.3) is 0 Å². The highest BCUT2D eigenvalue weighted by molar-refractivity contribution is 5.85. The van der Waals surface area contributed by atoms with Crippen molar-refractivity contribution < 1.29 is 9.72 Å². The van der Waals surface area contributed by atoms with Gasteiger partial charge in [-0.1, -0.05) is 0 Å². The largest absolute Gasteiger partial charge is 0.398 e. The van der Waals surface area contributed by atoms with Gasteiger partial charge in [0.2, 0.25) is 5.91 Å².